The van der Waals surface area contributed by atoms with Crippen LogP contribution in [-0.4, -0.2) is 34.7 Å². The molecule has 20 heavy (non-hydrogen) atoms. The SMILES string of the molecule is CC(C)(C)OC(=O)C1(N2CCCCC2N)C=CC=CC1. The predicted octanol–water partition coefficient (Wildman–Crippen LogP) is 2.35. The number of rotatable bonds is 2. The van der Waals surface area contributed by atoms with E-state index in [0.29, 0.717) is 6.42 Å². The van der Waals surface area contributed by atoms with Gasteiger partial charge < -0.3 is 10.5 Å². The summed E-state index contributed by atoms with van der Waals surface area (Å²) in [5.41, 5.74) is 5.04. The molecule has 2 atom stereocenters. The Balaban J connectivity index is 2.28. The maximum atomic E-state index is 12.8. The second-order valence-corrected chi connectivity index (χ2v) is 6.67. The molecule has 1 aliphatic heterocycles. The van der Waals surface area contributed by atoms with Crippen LogP contribution >= 0.6 is 0 Å². The normalized spacial score (nSPS) is 31.3. The molecule has 1 fully saturated rings. The second kappa shape index (κ2) is 5.70. The number of hydrogen-bond acceptors (Lipinski definition) is 4. The number of likely N-dealkylation sites (tertiary alicyclic amines) is 1. The van der Waals surface area contributed by atoms with E-state index in [1.807, 2.05) is 45.1 Å². The van der Waals surface area contributed by atoms with E-state index in [4.69, 9.17) is 10.5 Å². The van der Waals surface area contributed by atoms with Gasteiger partial charge in [0.15, 0.2) is 0 Å². The van der Waals surface area contributed by atoms with Gasteiger partial charge in [-0.1, -0.05) is 24.3 Å². The maximum Gasteiger partial charge on any atom is 0.331 e. The van der Waals surface area contributed by atoms with E-state index in [1.54, 1.807) is 0 Å². The molecule has 0 aromatic rings. The number of nitrogens with zero attached hydrogens (tertiary/aromatic N) is 1. The standard InChI is InChI=1S/C16H26N2O2/c1-15(2,3)20-14(19)16(10-6-4-7-11-16)18-12-8-5-9-13(18)17/h4,6-7,10,13H,5,8-9,11-12,17H2,1-3H3. The Morgan fingerprint density at radius 2 is 2.10 bits per heavy atom. The van der Waals surface area contributed by atoms with E-state index in [2.05, 4.69) is 4.90 Å². The number of allylic oxidation sites excluding steroid dienone is 2. The first kappa shape index (κ1) is 15.3. The Morgan fingerprint density at radius 3 is 2.65 bits per heavy atom. The molecule has 1 saturated heterocycles. The van der Waals surface area contributed by atoms with Gasteiger partial charge in [0.1, 0.15) is 11.1 Å². The lowest BCUT2D eigenvalue weighted by atomic mass is 9.86. The van der Waals surface area contributed by atoms with E-state index in [9.17, 15) is 4.79 Å². The Bertz CT molecular complexity index is 423. The third kappa shape index (κ3) is 3.13. The number of carbonyl (C=O) groups excluding carboxylic acids is 1. The van der Waals surface area contributed by atoms with E-state index in [1.165, 1.54) is 0 Å². The molecule has 112 valence electrons. The lowest BCUT2D eigenvalue weighted by molar-refractivity contribution is -0.169. The molecule has 2 N–H and O–H groups in total. The Hall–Kier alpha value is -1.13. The molecule has 4 nitrogen and oxygen atoms in total. The first-order valence-corrected chi connectivity index (χ1v) is 7.45. The molecule has 2 unspecified atom stereocenters. The van der Waals surface area contributed by atoms with Crippen LogP contribution in [-0.2, 0) is 9.53 Å². The minimum Gasteiger partial charge on any atom is -0.458 e. The number of nitrogens with two attached hydrogens (primary N) is 1. The number of esters is 1. The average molecular weight is 278 g/mol. The monoisotopic (exact) mass is 278 g/mol. The van der Waals surface area contributed by atoms with E-state index in [-0.39, 0.29) is 12.1 Å². The van der Waals surface area contributed by atoms with Gasteiger partial charge in [-0.05, 0) is 46.5 Å². The molecule has 2 rings (SSSR count). The quantitative estimate of drug-likeness (QED) is 0.788. The minimum atomic E-state index is -0.734. The van der Waals surface area contributed by atoms with Crippen molar-refractivity contribution in [3.05, 3.63) is 24.3 Å². The fourth-order valence-corrected chi connectivity index (χ4v) is 2.91. The van der Waals surface area contributed by atoms with Gasteiger partial charge in [-0.15, -0.1) is 0 Å². The Morgan fingerprint density at radius 1 is 1.35 bits per heavy atom. The molecule has 0 bridgehead atoms. The van der Waals surface area contributed by atoms with Crippen molar-refractivity contribution in [3.8, 4) is 0 Å². The highest BCUT2D eigenvalue weighted by Crippen LogP contribution is 2.33. The van der Waals surface area contributed by atoms with E-state index < -0.39 is 11.1 Å². The van der Waals surface area contributed by atoms with Gasteiger partial charge in [0, 0.05) is 6.54 Å². The van der Waals surface area contributed by atoms with Gasteiger partial charge in [-0.3, -0.25) is 4.90 Å². The molecular formula is C16H26N2O2. The Kier molecular flexibility index (Phi) is 4.35. The van der Waals surface area contributed by atoms with Gasteiger partial charge in [0.25, 0.3) is 0 Å². The first-order valence-electron chi connectivity index (χ1n) is 7.45. The van der Waals surface area contributed by atoms with Crippen molar-refractivity contribution in [2.45, 2.75) is 63.8 Å². The number of ether oxygens (including phenoxy) is 1. The topological polar surface area (TPSA) is 55.6 Å². The zero-order valence-corrected chi connectivity index (χ0v) is 12.8. The minimum absolute atomic E-state index is 0.0765. The molecule has 2 aliphatic rings. The van der Waals surface area contributed by atoms with Crippen LogP contribution in [0.4, 0.5) is 0 Å². The molecule has 1 aliphatic carbocycles. The molecule has 4 heteroatoms. The Labute approximate surface area is 121 Å². The number of piperidine rings is 1. The van der Waals surface area contributed by atoms with Crippen molar-refractivity contribution in [3.63, 3.8) is 0 Å². The predicted molar refractivity (Wildman–Crippen MR) is 80.0 cm³/mol. The molecular weight excluding hydrogens is 252 g/mol. The van der Waals surface area contributed by atoms with Crippen LogP contribution in [0.25, 0.3) is 0 Å². The van der Waals surface area contributed by atoms with E-state index in [0.717, 1.165) is 25.8 Å². The van der Waals surface area contributed by atoms with Crippen LogP contribution in [0.1, 0.15) is 46.5 Å². The largest absolute Gasteiger partial charge is 0.458 e. The van der Waals surface area contributed by atoms with Crippen molar-refractivity contribution in [1.29, 1.82) is 0 Å². The van der Waals surface area contributed by atoms with Crippen LogP contribution in [0.2, 0.25) is 0 Å². The molecule has 0 saturated carbocycles. The fraction of sp³-hybridized carbons (Fsp3) is 0.688. The number of carbonyl (C=O) groups is 1. The van der Waals surface area contributed by atoms with E-state index >= 15 is 0 Å². The van der Waals surface area contributed by atoms with Gasteiger partial charge in [0.2, 0.25) is 0 Å². The maximum absolute atomic E-state index is 12.8. The second-order valence-electron chi connectivity index (χ2n) is 6.67. The third-order valence-electron chi connectivity index (χ3n) is 3.86. The van der Waals surface area contributed by atoms with Crippen molar-refractivity contribution in [2.24, 2.45) is 5.73 Å². The molecule has 0 aromatic carbocycles. The summed E-state index contributed by atoms with van der Waals surface area (Å²) in [6.45, 7) is 6.55. The van der Waals surface area contributed by atoms with Crippen LogP contribution in [0, 0.1) is 0 Å². The highest BCUT2D eigenvalue weighted by molar-refractivity contribution is 5.84. The van der Waals surface area contributed by atoms with Gasteiger partial charge in [0.05, 0.1) is 6.17 Å². The molecule has 0 spiro atoms. The summed E-state index contributed by atoms with van der Waals surface area (Å²) in [6.07, 6.45) is 11.6. The molecule has 0 amide bonds. The summed E-state index contributed by atoms with van der Waals surface area (Å²) in [6, 6.07) is 0. The van der Waals surface area contributed by atoms with Crippen LogP contribution in [0.3, 0.4) is 0 Å². The highest BCUT2D eigenvalue weighted by Gasteiger charge is 2.47. The van der Waals surface area contributed by atoms with Crippen molar-refractivity contribution in [2.75, 3.05) is 6.54 Å². The fourth-order valence-electron chi connectivity index (χ4n) is 2.91. The summed E-state index contributed by atoms with van der Waals surface area (Å²) in [5.74, 6) is -0.192. The zero-order chi connectivity index (χ0) is 14.8. The van der Waals surface area contributed by atoms with Crippen molar-refractivity contribution in [1.82, 2.24) is 4.90 Å². The highest BCUT2D eigenvalue weighted by atomic mass is 16.6. The van der Waals surface area contributed by atoms with Crippen molar-refractivity contribution >= 4 is 5.97 Å². The van der Waals surface area contributed by atoms with Gasteiger partial charge in [-0.2, -0.15) is 0 Å². The molecule has 0 radical (unpaired) electrons. The zero-order valence-electron chi connectivity index (χ0n) is 12.8. The summed E-state index contributed by atoms with van der Waals surface area (Å²) in [7, 11) is 0. The first-order chi connectivity index (χ1) is 9.35. The van der Waals surface area contributed by atoms with Crippen LogP contribution in [0.5, 0.6) is 0 Å². The van der Waals surface area contributed by atoms with Crippen LogP contribution in [0.15, 0.2) is 24.3 Å². The lowest BCUT2D eigenvalue weighted by Crippen LogP contribution is -2.62. The molecule has 1 heterocycles. The number of hydrogen-bond donors (Lipinski definition) is 1. The molecule has 0 aromatic heterocycles. The van der Waals surface area contributed by atoms with Crippen molar-refractivity contribution < 1.29 is 9.53 Å². The smallest absolute Gasteiger partial charge is 0.331 e. The summed E-state index contributed by atoms with van der Waals surface area (Å²) in [5, 5.41) is 0. The van der Waals surface area contributed by atoms with Gasteiger partial charge >= 0.3 is 5.97 Å². The van der Waals surface area contributed by atoms with Gasteiger partial charge in [-0.25, -0.2) is 4.79 Å². The lowest BCUT2D eigenvalue weighted by Gasteiger charge is -2.46. The summed E-state index contributed by atoms with van der Waals surface area (Å²) < 4.78 is 5.66. The third-order valence-corrected chi connectivity index (χ3v) is 3.86. The summed E-state index contributed by atoms with van der Waals surface area (Å²) in [4.78, 5) is 14.9. The summed E-state index contributed by atoms with van der Waals surface area (Å²) >= 11 is 0. The van der Waals surface area contributed by atoms with Crippen LogP contribution < -0.4 is 5.73 Å². The average Bonchev–Trinajstić information content (AvgIpc) is 2.38.